The minimum absolute atomic E-state index is 0.0149. The van der Waals surface area contributed by atoms with E-state index in [1.807, 2.05) is 32.0 Å². The molecule has 0 N–H and O–H groups in total. The number of carbonyl (C=O) groups is 1. The molecule has 32 heavy (non-hydrogen) atoms. The summed E-state index contributed by atoms with van der Waals surface area (Å²) < 4.78 is 16.4. The average molecular weight is 430 g/mol. The van der Waals surface area contributed by atoms with Crippen LogP contribution < -0.4 is 4.74 Å². The van der Waals surface area contributed by atoms with Crippen molar-refractivity contribution in [3.63, 3.8) is 0 Å². The smallest absolute Gasteiger partial charge is 0.410 e. The van der Waals surface area contributed by atoms with Gasteiger partial charge in [0.2, 0.25) is 11.5 Å². The summed E-state index contributed by atoms with van der Waals surface area (Å²) in [5, 5.41) is 4.20. The molecule has 1 amide bonds. The first-order valence-corrected chi connectivity index (χ1v) is 10.6. The number of aromatic nitrogens is 2. The van der Waals surface area contributed by atoms with Gasteiger partial charge in [-0.25, -0.2) is 9.64 Å². The first-order valence-electron chi connectivity index (χ1n) is 10.6. The van der Waals surface area contributed by atoms with Crippen LogP contribution in [-0.2, 0) is 11.2 Å². The lowest BCUT2D eigenvalue weighted by Crippen LogP contribution is -2.28. The maximum atomic E-state index is 12.1. The zero-order valence-corrected chi connectivity index (χ0v) is 17.9. The van der Waals surface area contributed by atoms with Gasteiger partial charge in [-0.05, 0) is 56.0 Å². The van der Waals surface area contributed by atoms with Gasteiger partial charge >= 0.3 is 6.09 Å². The minimum atomic E-state index is -0.254. The number of benzene rings is 2. The second-order valence-corrected chi connectivity index (χ2v) is 8.12. The zero-order valence-electron chi connectivity index (χ0n) is 17.9. The number of hydrogen-bond acceptors (Lipinski definition) is 6. The lowest BCUT2D eigenvalue weighted by molar-refractivity contribution is 0.147. The molecule has 8 heteroatoms. The molecule has 1 atom stereocenters. The molecule has 5 rings (SSSR count). The van der Waals surface area contributed by atoms with E-state index in [1.165, 1.54) is 0 Å². The van der Waals surface area contributed by atoms with Gasteiger partial charge < -0.3 is 14.0 Å². The zero-order chi connectivity index (χ0) is 22.2. The van der Waals surface area contributed by atoms with Crippen LogP contribution in [0.5, 0.6) is 5.75 Å². The molecule has 1 aliphatic carbocycles. The Morgan fingerprint density at radius 2 is 2.16 bits per heavy atom. The second-order valence-electron chi connectivity index (χ2n) is 8.12. The van der Waals surface area contributed by atoms with Crippen LogP contribution in [0.15, 0.2) is 40.9 Å². The highest BCUT2D eigenvalue weighted by atomic mass is 16.6. The van der Waals surface area contributed by atoms with Gasteiger partial charge in [0.15, 0.2) is 0 Å². The van der Waals surface area contributed by atoms with Gasteiger partial charge in [-0.1, -0.05) is 23.4 Å². The Hall–Kier alpha value is -3.86. The first-order chi connectivity index (χ1) is 15.5. The Kier molecular flexibility index (Phi) is 5.02. The molecule has 0 bridgehead atoms. The van der Waals surface area contributed by atoms with Crippen molar-refractivity contribution in [2.45, 2.75) is 38.8 Å². The van der Waals surface area contributed by atoms with Gasteiger partial charge in [-0.15, -0.1) is 0 Å². The SMILES string of the molecule is [C-]#[N+]c1cc(-c2nc(-c3cccc4c3CC[C@@H]4N3CCOC3=O)no2)ccc1OC(C)C. The molecular weight excluding hydrogens is 408 g/mol. The molecule has 2 aromatic carbocycles. The number of fused-ring (bicyclic) bond motifs is 1. The van der Waals surface area contributed by atoms with E-state index in [-0.39, 0.29) is 18.2 Å². The van der Waals surface area contributed by atoms with Crippen LogP contribution in [0.2, 0.25) is 0 Å². The van der Waals surface area contributed by atoms with Crippen molar-refractivity contribution in [3.8, 4) is 28.6 Å². The van der Waals surface area contributed by atoms with Crippen LogP contribution in [0.25, 0.3) is 27.7 Å². The highest BCUT2D eigenvalue weighted by Crippen LogP contribution is 2.41. The van der Waals surface area contributed by atoms with E-state index in [2.05, 4.69) is 21.1 Å². The lowest BCUT2D eigenvalue weighted by atomic mass is 10.0. The van der Waals surface area contributed by atoms with Crippen LogP contribution in [0.1, 0.15) is 37.4 Å². The largest absolute Gasteiger partial charge is 0.502 e. The Morgan fingerprint density at radius 1 is 1.28 bits per heavy atom. The number of carbonyl (C=O) groups excluding carboxylic acids is 1. The first kappa shape index (κ1) is 20.1. The molecule has 0 unspecified atom stereocenters. The molecule has 2 heterocycles. The van der Waals surface area contributed by atoms with Crippen molar-refractivity contribution in [1.29, 1.82) is 0 Å². The molecule has 3 aromatic rings. The third-order valence-corrected chi connectivity index (χ3v) is 5.76. The monoisotopic (exact) mass is 430 g/mol. The van der Waals surface area contributed by atoms with Gasteiger partial charge in [-0.2, -0.15) is 4.98 Å². The minimum Gasteiger partial charge on any atom is -0.502 e. The Balaban J connectivity index is 1.46. The van der Waals surface area contributed by atoms with Gasteiger partial charge in [0, 0.05) is 11.1 Å². The van der Waals surface area contributed by atoms with Crippen LogP contribution in [0.4, 0.5) is 10.5 Å². The van der Waals surface area contributed by atoms with Crippen molar-refractivity contribution in [2.24, 2.45) is 0 Å². The van der Waals surface area contributed by atoms with Crippen LogP contribution in [-0.4, -0.2) is 40.4 Å². The molecule has 0 radical (unpaired) electrons. The molecule has 1 fully saturated rings. The molecule has 162 valence electrons. The summed E-state index contributed by atoms with van der Waals surface area (Å²) in [4.78, 5) is 22.0. The fourth-order valence-corrected chi connectivity index (χ4v) is 4.40. The molecule has 2 aliphatic rings. The summed E-state index contributed by atoms with van der Waals surface area (Å²) >= 11 is 0. The number of rotatable bonds is 5. The molecule has 0 saturated carbocycles. The predicted molar refractivity (Wildman–Crippen MR) is 116 cm³/mol. The van der Waals surface area contributed by atoms with Crippen molar-refractivity contribution in [3.05, 3.63) is 58.9 Å². The summed E-state index contributed by atoms with van der Waals surface area (Å²) in [6.07, 6.45) is 1.39. The number of nitrogens with zero attached hydrogens (tertiary/aromatic N) is 4. The lowest BCUT2D eigenvalue weighted by Gasteiger charge is -2.22. The van der Waals surface area contributed by atoms with E-state index in [4.69, 9.17) is 20.6 Å². The van der Waals surface area contributed by atoms with Crippen molar-refractivity contribution >= 4 is 11.8 Å². The number of hydrogen-bond donors (Lipinski definition) is 0. The fourth-order valence-electron chi connectivity index (χ4n) is 4.40. The Labute approximate surface area is 185 Å². The quantitative estimate of drug-likeness (QED) is 0.519. The summed E-state index contributed by atoms with van der Waals surface area (Å²) in [6, 6.07) is 11.3. The van der Waals surface area contributed by atoms with Gasteiger partial charge in [0.1, 0.15) is 12.4 Å². The van der Waals surface area contributed by atoms with E-state index in [9.17, 15) is 4.79 Å². The molecule has 8 nitrogen and oxygen atoms in total. The Bertz CT molecular complexity index is 1230. The summed E-state index contributed by atoms with van der Waals surface area (Å²) in [5.74, 6) is 1.37. The average Bonchev–Trinajstić information content (AvgIpc) is 3.52. The maximum absolute atomic E-state index is 12.1. The second kappa shape index (κ2) is 8.00. The third kappa shape index (κ3) is 3.46. The number of ether oxygens (including phenoxy) is 2. The molecule has 0 spiro atoms. The third-order valence-electron chi connectivity index (χ3n) is 5.76. The van der Waals surface area contributed by atoms with Gasteiger partial charge in [0.25, 0.3) is 5.89 Å². The van der Waals surface area contributed by atoms with Crippen LogP contribution >= 0.6 is 0 Å². The van der Waals surface area contributed by atoms with E-state index in [0.717, 1.165) is 29.5 Å². The normalized spacial score (nSPS) is 17.4. The predicted octanol–water partition coefficient (Wildman–Crippen LogP) is 5.18. The number of amides is 1. The van der Waals surface area contributed by atoms with E-state index in [0.29, 0.717) is 41.9 Å². The highest BCUT2D eigenvalue weighted by Gasteiger charge is 2.36. The molecule has 1 aromatic heterocycles. The summed E-state index contributed by atoms with van der Waals surface area (Å²) in [7, 11) is 0. The van der Waals surface area contributed by atoms with E-state index >= 15 is 0 Å². The van der Waals surface area contributed by atoms with E-state index < -0.39 is 0 Å². The summed E-state index contributed by atoms with van der Waals surface area (Å²) in [5.41, 5.74) is 4.20. The molecular formula is C24H22N4O4. The number of cyclic esters (lactones) is 1. The van der Waals surface area contributed by atoms with Crippen molar-refractivity contribution in [1.82, 2.24) is 15.0 Å². The highest BCUT2D eigenvalue weighted by molar-refractivity contribution is 5.72. The standard InChI is InChI=1S/C24H22N4O4/c1-14(2)31-21-10-7-15(13-19(21)25-3)23-26-22(27-32-23)18-6-4-5-17-16(18)8-9-20(17)28-11-12-30-24(28)29/h4-7,10,13-14,20H,8-9,11-12H2,1-2H3/t20-/m0/s1. The fraction of sp³-hybridized carbons (Fsp3) is 0.333. The van der Waals surface area contributed by atoms with Crippen molar-refractivity contribution < 1.29 is 18.8 Å². The Morgan fingerprint density at radius 3 is 2.91 bits per heavy atom. The van der Waals surface area contributed by atoms with Gasteiger partial charge in [0.05, 0.1) is 25.3 Å². The summed E-state index contributed by atoms with van der Waals surface area (Å²) in [6.45, 7) is 12.3. The van der Waals surface area contributed by atoms with Crippen LogP contribution in [0, 0.1) is 6.57 Å². The van der Waals surface area contributed by atoms with Gasteiger partial charge in [-0.3, -0.25) is 4.90 Å². The maximum Gasteiger partial charge on any atom is 0.410 e. The van der Waals surface area contributed by atoms with E-state index in [1.54, 1.807) is 17.0 Å². The van der Waals surface area contributed by atoms with Crippen molar-refractivity contribution in [2.75, 3.05) is 13.2 Å². The topological polar surface area (TPSA) is 82.1 Å². The molecule has 1 saturated heterocycles. The van der Waals surface area contributed by atoms with Crippen LogP contribution in [0.3, 0.4) is 0 Å². The molecule has 1 aliphatic heterocycles.